The van der Waals surface area contributed by atoms with Gasteiger partial charge in [-0.25, -0.2) is 4.98 Å². The number of piperidine rings is 1. The minimum Gasteiger partial charge on any atom is -0.348 e. The zero-order valence-corrected chi connectivity index (χ0v) is 16.4. The van der Waals surface area contributed by atoms with Crippen LogP contribution in [-0.2, 0) is 4.79 Å². The third kappa shape index (κ3) is 4.20. The van der Waals surface area contributed by atoms with Gasteiger partial charge in [-0.3, -0.25) is 9.69 Å². The number of nitrogens with zero attached hydrogens (tertiary/aromatic N) is 2. The summed E-state index contributed by atoms with van der Waals surface area (Å²) in [4.78, 5) is 19.8. The van der Waals surface area contributed by atoms with E-state index in [1.807, 2.05) is 31.2 Å². The number of carbonyl (C=O) groups excluding carboxylic acids is 1. The molecule has 2 heterocycles. The van der Waals surface area contributed by atoms with Gasteiger partial charge in [0.25, 0.3) is 0 Å². The van der Waals surface area contributed by atoms with Crippen molar-refractivity contribution in [3.05, 3.63) is 65.2 Å². The van der Waals surface area contributed by atoms with Gasteiger partial charge in [-0.1, -0.05) is 48.9 Å². The Labute approximate surface area is 164 Å². The number of para-hydroxylation sites is 1. The number of fused-ring (bicyclic) bond motifs is 1. The molecule has 0 unspecified atom stereocenters. The van der Waals surface area contributed by atoms with Crippen LogP contribution in [-0.4, -0.2) is 28.9 Å². The van der Waals surface area contributed by atoms with Crippen molar-refractivity contribution in [1.82, 2.24) is 15.2 Å². The predicted octanol–water partition coefficient (Wildman–Crippen LogP) is 4.70. The van der Waals surface area contributed by atoms with E-state index >= 15 is 0 Å². The number of nitrogens with one attached hydrogen (secondary N) is 1. The number of thiazole rings is 1. The third-order valence-electron chi connectivity index (χ3n) is 5.23. The molecule has 1 amide bonds. The van der Waals surface area contributed by atoms with Crippen LogP contribution in [0.15, 0.2) is 54.6 Å². The van der Waals surface area contributed by atoms with Crippen molar-refractivity contribution >= 4 is 27.5 Å². The van der Waals surface area contributed by atoms with Crippen molar-refractivity contribution in [1.29, 1.82) is 0 Å². The number of hydrogen-bond acceptors (Lipinski definition) is 4. The summed E-state index contributed by atoms with van der Waals surface area (Å²) in [6.07, 6.45) is 3.41. The number of benzene rings is 2. The lowest BCUT2D eigenvalue weighted by atomic mass is 10.0. The zero-order chi connectivity index (χ0) is 18.6. The molecular formula is C22H25N3OS. The predicted molar refractivity (Wildman–Crippen MR) is 111 cm³/mol. The average Bonchev–Trinajstić information content (AvgIpc) is 3.13. The Kier molecular flexibility index (Phi) is 5.50. The minimum atomic E-state index is 0.0180. The number of likely N-dealkylation sites (tertiary alicyclic amines) is 1. The van der Waals surface area contributed by atoms with Crippen molar-refractivity contribution in [3.63, 3.8) is 0 Å². The second kappa shape index (κ2) is 8.19. The molecule has 1 aliphatic rings. The van der Waals surface area contributed by atoms with Crippen molar-refractivity contribution in [2.75, 3.05) is 13.1 Å². The summed E-state index contributed by atoms with van der Waals surface area (Å²) in [7, 11) is 0. The Morgan fingerprint density at radius 1 is 1.19 bits per heavy atom. The molecule has 0 saturated carbocycles. The Hall–Kier alpha value is -2.24. The number of hydrogen-bond donors (Lipinski definition) is 1. The van der Waals surface area contributed by atoms with Gasteiger partial charge >= 0.3 is 0 Å². The lowest BCUT2D eigenvalue weighted by molar-refractivity contribution is -0.123. The van der Waals surface area contributed by atoms with Crippen LogP contribution in [0.3, 0.4) is 0 Å². The quantitative estimate of drug-likeness (QED) is 0.699. The fourth-order valence-corrected chi connectivity index (χ4v) is 4.93. The molecule has 1 aliphatic heterocycles. The monoisotopic (exact) mass is 379 g/mol. The zero-order valence-electron chi connectivity index (χ0n) is 15.6. The molecule has 4 nitrogen and oxygen atoms in total. The minimum absolute atomic E-state index is 0.0180. The van der Waals surface area contributed by atoms with Crippen molar-refractivity contribution in [3.8, 4) is 0 Å². The van der Waals surface area contributed by atoms with Gasteiger partial charge in [0.05, 0.1) is 28.8 Å². The molecule has 2 aromatic carbocycles. The van der Waals surface area contributed by atoms with E-state index in [1.165, 1.54) is 11.1 Å². The molecule has 3 aromatic rings. The maximum atomic E-state index is 12.7. The fraction of sp³-hybridized carbons (Fsp3) is 0.364. The highest BCUT2D eigenvalue weighted by Gasteiger charge is 2.28. The van der Waals surface area contributed by atoms with E-state index in [9.17, 15) is 4.79 Å². The third-order valence-corrected chi connectivity index (χ3v) is 6.37. The van der Waals surface area contributed by atoms with Gasteiger partial charge in [-0.15, -0.1) is 11.3 Å². The van der Waals surface area contributed by atoms with Gasteiger partial charge in [-0.05, 0) is 44.0 Å². The molecule has 2 atom stereocenters. The molecule has 1 fully saturated rings. The van der Waals surface area contributed by atoms with E-state index in [-0.39, 0.29) is 18.0 Å². The summed E-state index contributed by atoms with van der Waals surface area (Å²) < 4.78 is 1.22. The Bertz CT molecular complexity index is 875. The average molecular weight is 380 g/mol. The summed E-state index contributed by atoms with van der Waals surface area (Å²) in [5.74, 6) is 0.0827. The molecule has 4 rings (SSSR count). The van der Waals surface area contributed by atoms with Gasteiger partial charge in [0, 0.05) is 0 Å². The summed E-state index contributed by atoms with van der Waals surface area (Å²) in [5, 5.41) is 4.28. The highest BCUT2D eigenvalue weighted by atomic mass is 32.1. The number of amides is 1. The number of rotatable bonds is 5. The van der Waals surface area contributed by atoms with Gasteiger partial charge in [0.1, 0.15) is 5.01 Å². The SMILES string of the molecule is C[C@@H](NC(=O)CN1CCCC[C@@H]1c1nc2ccccc2s1)c1ccccc1. The van der Waals surface area contributed by atoms with E-state index in [0.717, 1.165) is 35.5 Å². The van der Waals surface area contributed by atoms with E-state index < -0.39 is 0 Å². The molecule has 5 heteroatoms. The van der Waals surface area contributed by atoms with Crippen LogP contribution in [0.4, 0.5) is 0 Å². The molecule has 1 N–H and O–H groups in total. The molecule has 0 spiro atoms. The van der Waals surface area contributed by atoms with E-state index in [0.29, 0.717) is 6.54 Å². The molecule has 27 heavy (non-hydrogen) atoms. The van der Waals surface area contributed by atoms with Crippen molar-refractivity contribution in [2.24, 2.45) is 0 Å². The Morgan fingerprint density at radius 2 is 1.96 bits per heavy atom. The smallest absolute Gasteiger partial charge is 0.234 e. The molecule has 140 valence electrons. The largest absolute Gasteiger partial charge is 0.348 e. The first kappa shape index (κ1) is 18.1. The van der Waals surface area contributed by atoms with Gasteiger partial charge in [-0.2, -0.15) is 0 Å². The summed E-state index contributed by atoms with van der Waals surface area (Å²) in [6, 6.07) is 18.6. The molecular weight excluding hydrogens is 354 g/mol. The molecule has 1 aromatic heterocycles. The maximum Gasteiger partial charge on any atom is 0.234 e. The summed E-state index contributed by atoms with van der Waals surface area (Å²) in [6.45, 7) is 3.42. The second-order valence-electron chi connectivity index (χ2n) is 7.20. The van der Waals surface area contributed by atoms with Gasteiger partial charge < -0.3 is 5.32 Å². The van der Waals surface area contributed by atoms with Crippen LogP contribution in [0, 0.1) is 0 Å². The van der Waals surface area contributed by atoms with E-state index in [1.54, 1.807) is 11.3 Å². The van der Waals surface area contributed by atoms with Crippen LogP contribution in [0.25, 0.3) is 10.2 Å². The lowest BCUT2D eigenvalue weighted by Gasteiger charge is -2.34. The summed E-state index contributed by atoms with van der Waals surface area (Å²) >= 11 is 1.76. The van der Waals surface area contributed by atoms with Crippen LogP contribution in [0.2, 0.25) is 0 Å². The van der Waals surface area contributed by atoms with Crippen LogP contribution in [0.1, 0.15) is 48.8 Å². The highest BCUT2D eigenvalue weighted by Crippen LogP contribution is 2.35. The van der Waals surface area contributed by atoms with Crippen LogP contribution in [0.5, 0.6) is 0 Å². The van der Waals surface area contributed by atoms with Crippen LogP contribution < -0.4 is 5.32 Å². The lowest BCUT2D eigenvalue weighted by Crippen LogP contribution is -2.42. The summed E-state index contributed by atoms with van der Waals surface area (Å²) in [5.41, 5.74) is 2.19. The maximum absolute atomic E-state index is 12.7. The Morgan fingerprint density at radius 3 is 2.78 bits per heavy atom. The van der Waals surface area contributed by atoms with E-state index in [4.69, 9.17) is 4.98 Å². The van der Waals surface area contributed by atoms with E-state index in [2.05, 4.69) is 40.5 Å². The van der Waals surface area contributed by atoms with Crippen LogP contribution >= 0.6 is 11.3 Å². The second-order valence-corrected chi connectivity index (χ2v) is 8.26. The normalized spacial score (nSPS) is 19.1. The van der Waals surface area contributed by atoms with Crippen molar-refractivity contribution in [2.45, 2.75) is 38.3 Å². The van der Waals surface area contributed by atoms with Crippen molar-refractivity contribution < 1.29 is 4.79 Å². The Balaban J connectivity index is 1.45. The first-order chi connectivity index (χ1) is 13.2. The van der Waals surface area contributed by atoms with Gasteiger partial charge in [0.15, 0.2) is 0 Å². The van der Waals surface area contributed by atoms with Gasteiger partial charge in [0.2, 0.25) is 5.91 Å². The number of carbonyl (C=O) groups is 1. The number of aromatic nitrogens is 1. The first-order valence-corrected chi connectivity index (χ1v) is 10.5. The fourth-order valence-electron chi connectivity index (χ4n) is 3.79. The highest BCUT2D eigenvalue weighted by molar-refractivity contribution is 7.18. The topological polar surface area (TPSA) is 45.2 Å². The molecule has 0 radical (unpaired) electrons. The first-order valence-electron chi connectivity index (χ1n) is 9.64. The molecule has 1 saturated heterocycles. The standard InChI is InChI=1S/C22H25N3OS/c1-16(17-9-3-2-4-10-17)23-21(26)15-25-14-8-7-12-19(25)22-24-18-11-5-6-13-20(18)27-22/h2-6,9-11,13,16,19H,7-8,12,14-15H2,1H3,(H,23,26)/t16-,19-/m1/s1. The molecule has 0 bridgehead atoms. The molecule has 0 aliphatic carbocycles.